The smallest absolute Gasteiger partial charge is 0.245 e. The Bertz CT molecular complexity index is 296. The summed E-state index contributed by atoms with van der Waals surface area (Å²) >= 11 is 0. The number of ether oxygens (including phenoxy) is 2. The molecule has 1 fully saturated rings. The molecule has 1 heterocycles. The Labute approximate surface area is 114 Å². The monoisotopic (exact) mass is 272 g/mol. The van der Waals surface area contributed by atoms with Gasteiger partial charge in [-0.25, -0.2) is 0 Å². The summed E-state index contributed by atoms with van der Waals surface area (Å²) in [6, 6.07) is -0.348. The summed E-state index contributed by atoms with van der Waals surface area (Å²) in [4.78, 5) is 25.1. The molecule has 110 valence electrons. The van der Waals surface area contributed by atoms with Gasteiger partial charge in [0.1, 0.15) is 6.04 Å². The van der Waals surface area contributed by atoms with Gasteiger partial charge in [0.25, 0.3) is 0 Å². The van der Waals surface area contributed by atoms with Crippen molar-refractivity contribution in [1.29, 1.82) is 0 Å². The van der Waals surface area contributed by atoms with Gasteiger partial charge in [-0.3, -0.25) is 9.59 Å². The van der Waals surface area contributed by atoms with Gasteiger partial charge in [-0.1, -0.05) is 6.92 Å². The van der Waals surface area contributed by atoms with Crippen molar-refractivity contribution in [3.05, 3.63) is 0 Å². The van der Waals surface area contributed by atoms with Crippen LogP contribution in [0, 0.1) is 0 Å². The summed E-state index contributed by atoms with van der Waals surface area (Å²) in [5.41, 5.74) is 0. The van der Waals surface area contributed by atoms with Gasteiger partial charge in [-0.15, -0.1) is 0 Å². The molecule has 1 saturated heterocycles. The van der Waals surface area contributed by atoms with Crippen molar-refractivity contribution in [2.75, 3.05) is 40.0 Å². The number of nitrogens with one attached hydrogen (secondary N) is 1. The molecule has 0 aromatic carbocycles. The van der Waals surface area contributed by atoms with Crippen LogP contribution in [0.1, 0.15) is 26.2 Å². The molecule has 1 aliphatic heterocycles. The van der Waals surface area contributed by atoms with Crippen molar-refractivity contribution in [1.82, 2.24) is 10.2 Å². The molecule has 1 rings (SSSR count). The van der Waals surface area contributed by atoms with E-state index in [4.69, 9.17) is 9.47 Å². The van der Waals surface area contributed by atoms with E-state index in [1.165, 1.54) is 0 Å². The third-order valence-corrected chi connectivity index (χ3v) is 3.09. The number of methoxy groups -OCH3 is 1. The Morgan fingerprint density at radius 2 is 2.05 bits per heavy atom. The SMILES string of the molecule is CCC1NC(=O)CN(CCCCOCCOC)C1=O. The second-order valence-corrected chi connectivity index (χ2v) is 4.60. The number of amides is 2. The lowest BCUT2D eigenvalue weighted by atomic mass is 10.1. The highest BCUT2D eigenvalue weighted by Gasteiger charge is 2.30. The third kappa shape index (κ3) is 5.57. The molecule has 0 spiro atoms. The summed E-state index contributed by atoms with van der Waals surface area (Å²) in [7, 11) is 1.64. The predicted octanol–water partition coefficient (Wildman–Crippen LogP) is 0.167. The zero-order chi connectivity index (χ0) is 14.1. The first-order valence-electron chi connectivity index (χ1n) is 6.83. The van der Waals surface area contributed by atoms with E-state index in [0.29, 0.717) is 32.8 Å². The number of carbonyl (C=O) groups excluding carboxylic acids is 2. The van der Waals surface area contributed by atoms with Gasteiger partial charge >= 0.3 is 0 Å². The summed E-state index contributed by atoms with van der Waals surface area (Å²) in [5.74, 6) is -0.0369. The van der Waals surface area contributed by atoms with Gasteiger partial charge in [0.15, 0.2) is 0 Å². The lowest BCUT2D eigenvalue weighted by Crippen LogP contribution is -2.57. The van der Waals surface area contributed by atoms with E-state index in [9.17, 15) is 9.59 Å². The van der Waals surface area contributed by atoms with E-state index in [0.717, 1.165) is 12.8 Å². The van der Waals surface area contributed by atoms with Crippen LogP contribution in [-0.4, -0.2) is 62.8 Å². The summed E-state index contributed by atoms with van der Waals surface area (Å²) < 4.78 is 10.2. The van der Waals surface area contributed by atoms with Gasteiger partial charge in [0, 0.05) is 20.3 Å². The number of carbonyl (C=O) groups is 2. The highest BCUT2D eigenvalue weighted by atomic mass is 16.5. The average molecular weight is 272 g/mol. The number of nitrogens with zero attached hydrogens (tertiary/aromatic N) is 1. The topological polar surface area (TPSA) is 67.9 Å². The quantitative estimate of drug-likeness (QED) is 0.607. The minimum atomic E-state index is -0.348. The molecule has 6 heteroatoms. The molecule has 0 saturated carbocycles. The van der Waals surface area contributed by atoms with E-state index in [1.807, 2.05) is 6.92 Å². The van der Waals surface area contributed by atoms with Crippen LogP contribution in [0.25, 0.3) is 0 Å². The molecule has 0 aromatic heterocycles. The van der Waals surface area contributed by atoms with Crippen LogP contribution in [0.3, 0.4) is 0 Å². The fourth-order valence-corrected chi connectivity index (χ4v) is 1.99. The molecule has 6 nitrogen and oxygen atoms in total. The average Bonchev–Trinajstić information content (AvgIpc) is 2.41. The van der Waals surface area contributed by atoms with Crippen molar-refractivity contribution < 1.29 is 19.1 Å². The molecular weight excluding hydrogens is 248 g/mol. The first kappa shape index (κ1) is 15.9. The zero-order valence-corrected chi connectivity index (χ0v) is 11.8. The van der Waals surface area contributed by atoms with Gasteiger partial charge in [0.2, 0.25) is 11.8 Å². The number of hydrogen-bond acceptors (Lipinski definition) is 4. The van der Waals surface area contributed by atoms with Crippen molar-refractivity contribution in [3.63, 3.8) is 0 Å². The molecule has 0 aromatic rings. The summed E-state index contributed by atoms with van der Waals surface area (Å²) in [6.07, 6.45) is 2.37. The molecule has 1 aliphatic rings. The molecule has 1 N–H and O–H groups in total. The maximum absolute atomic E-state index is 12.0. The molecule has 1 atom stereocenters. The zero-order valence-electron chi connectivity index (χ0n) is 11.8. The molecule has 2 amide bonds. The van der Waals surface area contributed by atoms with Crippen LogP contribution >= 0.6 is 0 Å². The largest absolute Gasteiger partial charge is 0.382 e. The number of unbranched alkanes of at least 4 members (excludes halogenated alkanes) is 1. The molecule has 19 heavy (non-hydrogen) atoms. The van der Waals surface area contributed by atoms with Crippen LogP contribution in [0.2, 0.25) is 0 Å². The van der Waals surface area contributed by atoms with Gasteiger partial charge < -0.3 is 19.7 Å². The molecule has 0 aliphatic carbocycles. The molecular formula is C13H24N2O4. The first-order chi connectivity index (χ1) is 9.19. The molecule has 0 radical (unpaired) electrons. The van der Waals surface area contributed by atoms with Crippen LogP contribution in [0.4, 0.5) is 0 Å². The van der Waals surface area contributed by atoms with E-state index >= 15 is 0 Å². The van der Waals surface area contributed by atoms with Crippen LogP contribution < -0.4 is 5.32 Å². The Balaban J connectivity index is 2.17. The number of rotatable bonds is 9. The summed E-state index contributed by atoms with van der Waals surface area (Å²) in [5, 5.41) is 2.70. The molecule has 1 unspecified atom stereocenters. The minimum absolute atomic E-state index is 0.0300. The van der Waals surface area contributed by atoms with Crippen molar-refractivity contribution >= 4 is 11.8 Å². The Hall–Kier alpha value is -1.14. The lowest BCUT2D eigenvalue weighted by molar-refractivity contribution is -0.144. The minimum Gasteiger partial charge on any atom is -0.382 e. The maximum atomic E-state index is 12.0. The standard InChI is InChI=1S/C13H24N2O4/c1-3-11-13(17)15(10-12(16)14-11)6-4-5-7-19-9-8-18-2/h11H,3-10H2,1-2H3,(H,14,16). The van der Waals surface area contributed by atoms with Crippen LogP contribution in [0.5, 0.6) is 0 Å². The normalized spacial score (nSPS) is 19.7. The first-order valence-corrected chi connectivity index (χ1v) is 6.83. The Morgan fingerprint density at radius 1 is 1.26 bits per heavy atom. The predicted molar refractivity (Wildman–Crippen MR) is 70.7 cm³/mol. The number of hydrogen-bond donors (Lipinski definition) is 1. The van der Waals surface area contributed by atoms with Crippen LogP contribution in [-0.2, 0) is 19.1 Å². The highest BCUT2D eigenvalue weighted by molar-refractivity contribution is 5.94. The second-order valence-electron chi connectivity index (χ2n) is 4.60. The lowest BCUT2D eigenvalue weighted by Gasteiger charge is -2.32. The van der Waals surface area contributed by atoms with Gasteiger partial charge in [-0.2, -0.15) is 0 Å². The highest BCUT2D eigenvalue weighted by Crippen LogP contribution is 2.07. The fourth-order valence-electron chi connectivity index (χ4n) is 1.99. The second kappa shape index (κ2) is 8.87. The fraction of sp³-hybridized carbons (Fsp3) is 0.846. The van der Waals surface area contributed by atoms with E-state index < -0.39 is 0 Å². The van der Waals surface area contributed by atoms with Crippen molar-refractivity contribution in [2.24, 2.45) is 0 Å². The van der Waals surface area contributed by atoms with Crippen LogP contribution in [0.15, 0.2) is 0 Å². The number of piperazine rings is 1. The van der Waals surface area contributed by atoms with E-state index in [1.54, 1.807) is 12.0 Å². The molecule has 0 bridgehead atoms. The van der Waals surface area contributed by atoms with Crippen molar-refractivity contribution in [3.8, 4) is 0 Å². The Kier molecular flexibility index (Phi) is 7.43. The van der Waals surface area contributed by atoms with Gasteiger partial charge in [0.05, 0.1) is 19.8 Å². The third-order valence-electron chi connectivity index (χ3n) is 3.09. The van der Waals surface area contributed by atoms with Gasteiger partial charge in [-0.05, 0) is 19.3 Å². The van der Waals surface area contributed by atoms with E-state index in [2.05, 4.69) is 5.32 Å². The Morgan fingerprint density at radius 3 is 2.74 bits per heavy atom. The maximum Gasteiger partial charge on any atom is 0.245 e. The van der Waals surface area contributed by atoms with Crippen molar-refractivity contribution in [2.45, 2.75) is 32.2 Å². The van der Waals surface area contributed by atoms with E-state index in [-0.39, 0.29) is 24.4 Å². The summed E-state index contributed by atoms with van der Waals surface area (Å²) in [6.45, 7) is 4.56.